The molecule has 20 heavy (non-hydrogen) atoms. The van der Waals surface area contributed by atoms with Gasteiger partial charge in [0.1, 0.15) is 5.82 Å². The summed E-state index contributed by atoms with van der Waals surface area (Å²) in [5, 5.41) is 3.48. The molecule has 3 heterocycles. The number of nitrogens with one attached hydrogen (secondary N) is 1. The number of aromatic nitrogens is 1. The monoisotopic (exact) mass is 265 g/mol. The number of anilines is 1. The van der Waals surface area contributed by atoms with Crippen LogP contribution in [0.1, 0.15) is 0 Å². The van der Waals surface area contributed by atoms with E-state index in [1.54, 1.807) is 0 Å². The predicted molar refractivity (Wildman–Crippen MR) is 81.7 cm³/mol. The van der Waals surface area contributed by atoms with Gasteiger partial charge in [0, 0.05) is 37.9 Å². The van der Waals surface area contributed by atoms with Gasteiger partial charge in [-0.25, -0.2) is 4.98 Å². The Morgan fingerprint density at radius 3 is 2.30 bits per heavy atom. The van der Waals surface area contributed by atoms with Crippen molar-refractivity contribution >= 4 is 5.82 Å². The molecule has 1 N–H and O–H groups in total. The Labute approximate surface area is 119 Å². The van der Waals surface area contributed by atoms with E-state index in [-0.39, 0.29) is 0 Å². The van der Waals surface area contributed by atoms with Crippen LogP contribution in [-0.4, -0.2) is 31.2 Å². The van der Waals surface area contributed by atoms with Crippen LogP contribution in [0.25, 0.3) is 11.1 Å². The molecule has 4 rings (SSSR count). The second kappa shape index (κ2) is 4.91. The average Bonchev–Trinajstić information content (AvgIpc) is 3.10. The average molecular weight is 265 g/mol. The van der Waals surface area contributed by atoms with Crippen LogP contribution in [0.3, 0.4) is 0 Å². The van der Waals surface area contributed by atoms with Crippen LogP contribution in [0.15, 0.2) is 48.7 Å². The van der Waals surface area contributed by atoms with Crippen molar-refractivity contribution in [1.82, 2.24) is 10.3 Å². The fourth-order valence-electron chi connectivity index (χ4n) is 3.42. The van der Waals surface area contributed by atoms with Crippen LogP contribution < -0.4 is 10.2 Å². The number of hydrogen-bond acceptors (Lipinski definition) is 3. The zero-order chi connectivity index (χ0) is 13.4. The maximum Gasteiger partial charge on any atom is 0.128 e. The fourth-order valence-corrected chi connectivity index (χ4v) is 3.42. The van der Waals surface area contributed by atoms with Gasteiger partial charge in [0.15, 0.2) is 0 Å². The number of rotatable bonds is 2. The number of benzene rings is 1. The van der Waals surface area contributed by atoms with Gasteiger partial charge in [0.2, 0.25) is 0 Å². The Hall–Kier alpha value is -1.87. The van der Waals surface area contributed by atoms with E-state index in [1.165, 1.54) is 24.2 Å². The Kier molecular flexibility index (Phi) is 2.92. The van der Waals surface area contributed by atoms with E-state index >= 15 is 0 Å². The van der Waals surface area contributed by atoms with Crippen LogP contribution in [0.2, 0.25) is 0 Å². The molecule has 2 aromatic rings. The van der Waals surface area contributed by atoms with Gasteiger partial charge in [-0.15, -0.1) is 0 Å². The molecule has 2 aliphatic rings. The lowest BCUT2D eigenvalue weighted by Crippen LogP contribution is -2.26. The highest BCUT2D eigenvalue weighted by molar-refractivity contribution is 5.63. The molecule has 0 aliphatic carbocycles. The van der Waals surface area contributed by atoms with Crippen molar-refractivity contribution in [2.45, 2.75) is 0 Å². The first-order chi connectivity index (χ1) is 9.90. The molecule has 0 saturated carbocycles. The summed E-state index contributed by atoms with van der Waals surface area (Å²) in [5.74, 6) is 2.75. The molecule has 2 atom stereocenters. The second-order valence-corrected chi connectivity index (χ2v) is 5.85. The molecule has 1 aromatic heterocycles. The normalized spacial score (nSPS) is 24.9. The van der Waals surface area contributed by atoms with Gasteiger partial charge >= 0.3 is 0 Å². The van der Waals surface area contributed by atoms with Gasteiger partial charge in [-0.3, -0.25) is 0 Å². The van der Waals surface area contributed by atoms with Crippen molar-refractivity contribution in [1.29, 1.82) is 0 Å². The first-order valence-electron chi connectivity index (χ1n) is 7.37. The van der Waals surface area contributed by atoms with E-state index < -0.39 is 0 Å². The minimum absolute atomic E-state index is 0.811. The van der Waals surface area contributed by atoms with Crippen molar-refractivity contribution in [3.63, 3.8) is 0 Å². The molecule has 2 saturated heterocycles. The van der Waals surface area contributed by atoms with E-state index in [0.29, 0.717) is 0 Å². The van der Waals surface area contributed by atoms with E-state index in [0.717, 1.165) is 30.7 Å². The summed E-state index contributed by atoms with van der Waals surface area (Å²) in [5.41, 5.74) is 2.42. The molecule has 102 valence electrons. The predicted octanol–water partition coefficient (Wildman–Crippen LogP) is 2.40. The Bertz CT molecular complexity index is 567. The number of fused-ring (bicyclic) bond motifs is 1. The van der Waals surface area contributed by atoms with Crippen molar-refractivity contribution in [2.75, 3.05) is 31.1 Å². The minimum atomic E-state index is 0.811. The molecule has 0 bridgehead atoms. The zero-order valence-electron chi connectivity index (χ0n) is 11.5. The molecule has 0 unspecified atom stereocenters. The summed E-state index contributed by atoms with van der Waals surface area (Å²) in [6.45, 7) is 4.64. The standard InChI is InChI=1S/C17H19N3/c1-2-4-13(5-3-1)14-6-7-17(19-10-14)20-11-15-8-18-9-16(15)12-20/h1-7,10,15-16,18H,8-9,11-12H2/t15-,16+. The molecule has 2 fully saturated rings. The van der Waals surface area contributed by atoms with Gasteiger partial charge in [-0.05, 0) is 29.5 Å². The summed E-state index contributed by atoms with van der Waals surface area (Å²) in [6, 6.07) is 14.8. The molecule has 1 aromatic carbocycles. The molecule has 2 aliphatic heterocycles. The topological polar surface area (TPSA) is 28.2 Å². The third-order valence-corrected chi connectivity index (χ3v) is 4.57. The molecular formula is C17H19N3. The van der Waals surface area contributed by atoms with Gasteiger partial charge < -0.3 is 10.2 Å². The molecule has 3 nitrogen and oxygen atoms in total. The smallest absolute Gasteiger partial charge is 0.128 e. The maximum atomic E-state index is 4.67. The van der Waals surface area contributed by atoms with E-state index in [9.17, 15) is 0 Å². The third kappa shape index (κ3) is 2.08. The van der Waals surface area contributed by atoms with Gasteiger partial charge in [0.25, 0.3) is 0 Å². The summed E-state index contributed by atoms with van der Waals surface area (Å²) < 4.78 is 0. The fraction of sp³-hybridized carbons (Fsp3) is 0.353. The van der Waals surface area contributed by atoms with Crippen LogP contribution in [0.5, 0.6) is 0 Å². The molecule has 0 spiro atoms. The summed E-state index contributed by atoms with van der Waals surface area (Å²) in [6.07, 6.45) is 2.00. The highest BCUT2D eigenvalue weighted by atomic mass is 15.2. The van der Waals surface area contributed by atoms with Gasteiger partial charge in [-0.1, -0.05) is 30.3 Å². The van der Waals surface area contributed by atoms with Crippen LogP contribution in [0.4, 0.5) is 5.82 Å². The van der Waals surface area contributed by atoms with Crippen molar-refractivity contribution in [3.05, 3.63) is 48.7 Å². The van der Waals surface area contributed by atoms with E-state index in [4.69, 9.17) is 0 Å². The minimum Gasteiger partial charge on any atom is -0.356 e. The molecule has 0 amide bonds. The van der Waals surface area contributed by atoms with Gasteiger partial charge in [-0.2, -0.15) is 0 Å². The Balaban J connectivity index is 1.53. The lowest BCUT2D eigenvalue weighted by Gasteiger charge is -2.18. The first kappa shape index (κ1) is 11.9. The lowest BCUT2D eigenvalue weighted by molar-refractivity contribution is 0.533. The maximum absolute atomic E-state index is 4.67. The third-order valence-electron chi connectivity index (χ3n) is 4.57. The highest BCUT2D eigenvalue weighted by Gasteiger charge is 2.36. The molecule has 3 heteroatoms. The largest absolute Gasteiger partial charge is 0.356 e. The highest BCUT2D eigenvalue weighted by Crippen LogP contribution is 2.30. The number of pyridine rings is 1. The Morgan fingerprint density at radius 1 is 0.900 bits per heavy atom. The molecular weight excluding hydrogens is 246 g/mol. The summed E-state index contributed by atoms with van der Waals surface area (Å²) >= 11 is 0. The quantitative estimate of drug-likeness (QED) is 0.904. The van der Waals surface area contributed by atoms with Crippen LogP contribution in [-0.2, 0) is 0 Å². The second-order valence-electron chi connectivity index (χ2n) is 5.85. The van der Waals surface area contributed by atoms with Crippen LogP contribution >= 0.6 is 0 Å². The Morgan fingerprint density at radius 2 is 1.65 bits per heavy atom. The SMILES string of the molecule is c1ccc(-c2ccc(N3C[C@H]4CNC[C@H]4C3)nc2)cc1. The van der Waals surface area contributed by atoms with Crippen molar-refractivity contribution < 1.29 is 0 Å². The van der Waals surface area contributed by atoms with Gasteiger partial charge in [0.05, 0.1) is 0 Å². The zero-order valence-corrected chi connectivity index (χ0v) is 11.5. The van der Waals surface area contributed by atoms with Crippen molar-refractivity contribution in [2.24, 2.45) is 11.8 Å². The van der Waals surface area contributed by atoms with E-state index in [1.807, 2.05) is 12.3 Å². The first-order valence-corrected chi connectivity index (χ1v) is 7.37. The van der Waals surface area contributed by atoms with Crippen LogP contribution in [0, 0.1) is 11.8 Å². The van der Waals surface area contributed by atoms with E-state index in [2.05, 4.69) is 51.6 Å². The van der Waals surface area contributed by atoms with Crippen molar-refractivity contribution in [3.8, 4) is 11.1 Å². The summed E-state index contributed by atoms with van der Waals surface area (Å²) in [4.78, 5) is 7.11. The summed E-state index contributed by atoms with van der Waals surface area (Å²) in [7, 11) is 0. The lowest BCUT2D eigenvalue weighted by atomic mass is 10.0. The number of hydrogen-bond donors (Lipinski definition) is 1. The molecule has 0 radical (unpaired) electrons. The number of nitrogens with zero attached hydrogens (tertiary/aromatic N) is 2.